The summed E-state index contributed by atoms with van der Waals surface area (Å²) in [5.41, 5.74) is 5.32. The van der Waals surface area contributed by atoms with Crippen molar-refractivity contribution in [3.63, 3.8) is 0 Å². The smallest absolute Gasteiger partial charge is 0.200 e. The predicted molar refractivity (Wildman–Crippen MR) is 89.4 cm³/mol. The SMILES string of the molecule is Cc1ccc(C(C)C)cc1-c1cc2ccccc2c[n+]1C. The van der Waals surface area contributed by atoms with Crippen LogP contribution in [0.5, 0.6) is 0 Å². The van der Waals surface area contributed by atoms with E-state index in [1.165, 1.54) is 33.2 Å². The average molecular weight is 276 g/mol. The summed E-state index contributed by atoms with van der Waals surface area (Å²) in [6, 6.07) is 17.6. The first-order valence-corrected chi connectivity index (χ1v) is 7.55. The van der Waals surface area contributed by atoms with Crippen LogP contribution in [0.4, 0.5) is 0 Å². The van der Waals surface area contributed by atoms with Crippen LogP contribution in [0.25, 0.3) is 22.0 Å². The van der Waals surface area contributed by atoms with E-state index in [9.17, 15) is 0 Å². The van der Waals surface area contributed by atoms with E-state index in [1.54, 1.807) is 0 Å². The molecule has 0 fully saturated rings. The number of pyridine rings is 1. The van der Waals surface area contributed by atoms with Gasteiger partial charge in [-0.2, -0.15) is 0 Å². The lowest BCUT2D eigenvalue weighted by atomic mass is 9.95. The molecule has 0 saturated heterocycles. The number of hydrogen-bond donors (Lipinski definition) is 0. The van der Waals surface area contributed by atoms with Gasteiger partial charge in [0.25, 0.3) is 0 Å². The van der Waals surface area contributed by atoms with Crippen molar-refractivity contribution in [1.29, 1.82) is 0 Å². The predicted octanol–water partition coefficient (Wildman–Crippen LogP) is 4.76. The Kier molecular flexibility index (Phi) is 3.50. The number of hydrogen-bond acceptors (Lipinski definition) is 0. The van der Waals surface area contributed by atoms with E-state index in [0.717, 1.165) is 0 Å². The highest BCUT2D eigenvalue weighted by Gasteiger charge is 2.15. The summed E-state index contributed by atoms with van der Waals surface area (Å²) in [4.78, 5) is 0. The Morgan fingerprint density at radius 2 is 1.62 bits per heavy atom. The van der Waals surface area contributed by atoms with Crippen LogP contribution in [0.15, 0.2) is 54.7 Å². The van der Waals surface area contributed by atoms with Gasteiger partial charge in [0, 0.05) is 17.0 Å². The van der Waals surface area contributed by atoms with Crippen molar-refractivity contribution in [3.8, 4) is 11.3 Å². The molecule has 1 heteroatoms. The third-order valence-corrected chi connectivity index (χ3v) is 4.21. The Morgan fingerprint density at radius 1 is 0.905 bits per heavy atom. The highest BCUT2D eigenvalue weighted by atomic mass is 14.9. The van der Waals surface area contributed by atoms with Gasteiger partial charge in [0.05, 0.1) is 0 Å². The highest BCUT2D eigenvalue weighted by molar-refractivity contribution is 5.84. The Bertz CT molecular complexity index is 800. The van der Waals surface area contributed by atoms with Gasteiger partial charge in [-0.3, -0.25) is 0 Å². The van der Waals surface area contributed by atoms with E-state index in [1.807, 2.05) is 0 Å². The quantitative estimate of drug-likeness (QED) is 0.594. The first-order valence-electron chi connectivity index (χ1n) is 7.55. The normalized spacial score (nSPS) is 11.3. The molecule has 3 rings (SSSR count). The van der Waals surface area contributed by atoms with Crippen LogP contribution in [0.3, 0.4) is 0 Å². The van der Waals surface area contributed by atoms with Gasteiger partial charge >= 0.3 is 0 Å². The summed E-state index contributed by atoms with van der Waals surface area (Å²) >= 11 is 0. The molecule has 0 aliphatic heterocycles. The monoisotopic (exact) mass is 276 g/mol. The van der Waals surface area contributed by atoms with Crippen molar-refractivity contribution in [2.24, 2.45) is 7.05 Å². The fourth-order valence-corrected chi connectivity index (χ4v) is 2.83. The number of aryl methyl sites for hydroxylation is 2. The number of nitrogens with zero attached hydrogens (tertiary/aromatic N) is 1. The number of benzene rings is 2. The molecule has 0 unspecified atom stereocenters. The van der Waals surface area contributed by atoms with E-state index in [2.05, 4.69) is 87.1 Å². The maximum absolute atomic E-state index is 2.34. The fraction of sp³-hybridized carbons (Fsp3) is 0.250. The molecule has 1 aromatic heterocycles. The molecule has 0 aliphatic carbocycles. The van der Waals surface area contributed by atoms with Crippen molar-refractivity contribution in [2.75, 3.05) is 0 Å². The lowest BCUT2D eigenvalue weighted by molar-refractivity contribution is -0.659. The zero-order valence-corrected chi connectivity index (χ0v) is 13.2. The van der Waals surface area contributed by atoms with Gasteiger partial charge in [-0.1, -0.05) is 44.2 Å². The molecule has 106 valence electrons. The van der Waals surface area contributed by atoms with Gasteiger partial charge in [-0.05, 0) is 41.5 Å². The number of rotatable bonds is 2. The summed E-state index contributed by atoms with van der Waals surface area (Å²) in [5, 5.41) is 2.57. The molecule has 0 atom stereocenters. The molecule has 21 heavy (non-hydrogen) atoms. The van der Waals surface area contributed by atoms with Crippen molar-refractivity contribution in [1.82, 2.24) is 0 Å². The zero-order chi connectivity index (χ0) is 15.0. The molecule has 0 bridgehead atoms. The Balaban J connectivity index is 2.24. The third-order valence-electron chi connectivity index (χ3n) is 4.21. The summed E-state index contributed by atoms with van der Waals surface area (Å²) in [6.45, 7) is 6.68. The lowest BCUT2D eigenvalue weighted by Gasteiger charge is -2.10. The number of fused-ring (bicyclic) bond motifs is 1. The van der Waals surface area contributed by atoms with Crippen LogP contribution in [-0.2, 0) is 7.05 Å². The second-order valence-electron chi connectivity index (χ2n) is 6.13. The van der Waals surface area contributed by atoms with Gasteiger partial charge in [0.15, 0.2) is 6.20 Å². The van der Waals surface area contributed by atoms with E-state index < -0.39 is 0 Å². The summed E-state index contributed by atoms with van der Waals surface area (Å²) in [6.07, 6.45) is 2.21. The molecular formula is C20H22N+. The average Bonchev–Trinajstić information content (AvgIpc) is 2.47. The summed E-state index contributed by atoms with van der Waals surface area (Å²) in [7, 11) is 2.13. The Morgan fingerprint density at radius 3 is 2.33 bits per heavy atom. The van der Waals surface area contributed by atoms with Crippen molar-refractivity contribution in [3.05, 3.63) is 65.9 Å². The van der Waals surface area contributed by atoms with Gasteiger partial charge in [0.2, 0.25) is 5.69 Å². The van der Waals surface area contributed by atoms with Crippen molar-refractivity contribution in [2.45, 2.75) is 26.7 Å². The summed E-state index contributed by atoms with van der Waals surface area (Å²) in [5.74, 6) is 0.551. The van der Waals surface area contributed by atoms with Gasteiger partial charge in [0.1, 0.15) is 7.05 Å². The number of aromatic nitrogens is 1. The van der Waals surface area contributed by atoms with Gasteiger partial charge in [-0.25, -0.2) is 4.57 Å². The van der Waals surface area contributed by atoms with Crippen LogP contribution in [0.1, 0.15) is 30.9 Å². The minimum absolute atomic E-state index is 0.551. The minimum Gasteiger partial charge on any atom is -0.200 e. The van der Waals surface area contributed by atoms with E-state index >= 15 is 0 Å². The minimum atomic E-state index is 0.551. The standard InChI is InChI=1S/C20H22N/c1-14(2)16-10-9-15(3)19(11-16)20-12-17-7-5-6-8-18(17)13-21(20)4/h5-14H,1-4H3/q+1. The molecule has 2 aromatic carbocycles. The maximum Gasteiger partial charge on any atom is 0.213 e. The molecule has 0 aliphatic rings. The van der Waals surface area contributed by atoms with Crippen LogP contribution in [0.2, 0.25) is 0 Å². The first kappa shape index (κ1) is 13.8. The van der Waals surface area contributed by atoms with Gasteiger partial charge < -0.3 is 0 Å². The van der Waals surface area contributed by atoms with Crippen LogP contribution in [-0.4, -0.2) is 0 Å². The van der Waals surface area contributed by atoms with E-state index in [0.29, 0.717) is 5.92 Å². The molecule has 3 aromatic rings. The molecule has 0 spiro atoms. The van der Waals surface area contributed by atoms with Crippen molar-refractivity contribution < 1.29 is 4.57 Å². The van der Waals surface area contributed by atoms with E-state index in [4.69, 9.17) is 0 Å². The second kappa shape index (κ2) is 5.33. The third kappa shape index (κ3) is 2.56. The Hall–Kier alpha value is -2.15. The van der Waals surface area contributed by atoms with Crippen molar-refractivity contribution >= 4 is 10.8 Å². The van der Waals surface area contributed by atoms with E-state index in [-0.39, 0.29) is 0 Å². The largest absolute Gasteiger partial charge is 0.213 e. The fourth-order valence-electron chi connectivity index (χ4n) is 2.83. The molecule has 0 N–H and O–H groups in total. The summed E-state index contributed by atoms with van der Waals surface area (Å²) < 4.78 is 2.23. The molecular weight excluding hydrogens is 254 g/mol. The lowest BCUT2D eigenvalue weighted by Crippen LogP contribution is -2.30. The van der Waals surface area contributed by atoms with Crippen LogP contribution in [0, 0.1) is 6.92 Å². The molecule has 1 nitrogen and oxygen atoms in total. The zero-order valence-electron chi connectivity index (χ0n) is 13.2. The maximum atomic E-state index is 2.34. The molecule has 0 amide bonds. The van der Waals surface area contributed by atoms with Crippen LogP contribution >= 0.6 is 0 Å². The molecule has 0 saturated carbocycles. The van der Waals surface area contributed by atoms with Gasteiger partial charge in [-0.15, -0.1) is 0 Å². The second-order valence-corrected chi connectivity index (χ2v) is 6.13. The molecule has 0 radical (unpaired) electrons. The Labute approximate surface area is 126 Å². The highest BCUT2D eigenvalue weighted by Crippen LogP contribution is 2.27. The molecule has 1 heterocycles. The topological polar surface area (TPSA) is 3.88 Å². The first-order chi connectivity index (χ1) is 10.1. The van der Waals surface area contributed by atoms with Crippen LogP contribution < -0.4 is 4.57 Å².